The summed E-state index contributed by atoms with van der Waals surface area (Å²) in [4.78, 5) is 11.1. The average Bonchev–Trinajstić information content (AvgIpc) is 2.53. The Labute approximate surface area is 139 Å². The Morgan fingerprint density at radius 1 is 1.17 bits per heavy atom. The van der Waals surface area contributed by atoms with Crippen LogP contribution in [0.1, 0.15) is 5.56 Å². The normalized spacial score (nSPS) is 11.4. The zero-order valence-electron chi connectivity index (χ0n) is 12.7. The molecule has 124 valence electrons. The van der Waals surface area contributed by atoms with E-state index in [0.29, 0.717) is 11.4 Å². The first-order chi connectivity index (χ1) is 11.3. The summed E-state index contributed by atoms with van der Waals surface area (Å²) >= 11 is 0. The molecular formula is C16H14N2O5S. The fourth-order valence-electron chi connectivity index (χ4n) is 1.73. The molecule has 0 amide bonds. The number of benzene rings is 2. The molecule has 0 radical (unpaired) electrons. The van der Waals surface area contributed by atoms with Gasteiger partial charge in [-0.1, -0.05) is 12.6 Å². The van der Waals surface area contributed by atoms with Gasteiger partial charge in [-0.05, 0) is 48.9 Å². The fourth-order valence-corrected chi connectivity index (χ4v) is 2.21. The van der Waals surface area contributed by atoms with Crippen molar-refractivity contribution in [2.45, 2.75) is 11.8 Å². The first-order valence-corrected chi connectivity index (χ1v) is 8.18. The summed E-state index contributed by atoms with van der Waals surface area (Å²) in [6, 6.07) is 10.2. The molecule has 0 heterocycles. The first-order valence-electron chi connectivity index (χ1n) is 6.74. The average molecular weight is 346 g/mol. The lowest BCUT2D eigenvalue weighted by molar-refractivity contribution is -0.128. The molecular weight excluding hydrogens is 332 g/mol. The summed E-state index contributed by atoms with van der Waals surface area (Å²) in [7, 11) is -4.25. The number of aryl methyl sites for hydroxylation is 1. The number of hydrogen-bond acceptors (Lipinski definition) is 6. The van der Waals surface area contributed by atoms with E-state index in [9.17, 15) is 13.2 Å². The summed E-state index contributed by atoms with van der Waals surface area (Å²) < 4.78 is 36.0. The lowest BCUT2D eigenvalue weighted by atomic mass is 10.2. The van der Waals surface area contributed by atoms with Crippen LogP contribution in [0.15, 0.2) is 70.2 Å². The third-order valence-electron chi connectivity index (χ3n) is 2.90. The van der Waals surface area contributed by atoms with E-state index in [4.69, 9.17) is 9.29 Å². The Balaban J connectivity index is 2.28. The summed E-state index contributed by atoms with van der Waals surface area (Å²) in [6.45, 7) is 5.17. The zero-order chi connectivity index (χ0) is 17.7. The van der Waals surface area contributed by atoms with Gasteiger partial charge in [0, 0.05) is 6.08 Å². The van der Waals surface area contributed by atoms with Gasteiger partial charge in [-0.3, -0.25) is 4.55 Å². The van der Waals surface area contributed by atoms with Crippen LogP contribution < -0.4 is 4.74 Å². The topological polar surface area (TPSA) is 105 Å². The van der Waals surface area contributed by atoms with Crippen LogP contribution in [-0.2, 0) is 14.9 Å². The molecule has 0 aliphatic rings. The van der Waals surface area contributed by atoms with E-state index < -0.39 is 16.1 Å². The van der Waals surface area contributed by atoms with Crippen LogP contribution in [-0.4, -0.2) is 18.9 Å². The first kappa shape index (κ1) is 17.5. The SMILES string of the molecule is C=CC(=O)Oc1cc(C)ccc1N=Nc1ccc(S(=O)(=O)O)cc1. The quantitative estimate of drug-likeness (QED) is 0.292. The molecule has 0 fully saturated rings. The van der Waals surface area contributed by atoms with Crippen molar-refractivity contribution >= 4 is 27.5 Å². The van der Waals surface area contributed by atoms with E-state index in [1.54, 1.807) is 18.2 Å². The van der Waals surface area contributed by atoms with Crippen LogP contribution in [0, 0.1) is 6.92 Å². The number of hydrogen-bond donors (Lipinski definition) is 1. The van der Waals surface area contributed by atoms with Gasteiger partial charge < -0.3 is 4.74 Å². The number of esters is 1. The lowest BCUT2D eigenvalue weighted by Crippen LogP contribution is -2.03. The number of ether oxygens (including phenoxy) is 1. The van der Waals surface area contributed by atoms with Crippen molar-refractivity contribution in [2.24, 2.45) is 10.2 Å². The molecule has 0 saturated heterocycles. The Morgan fingerprint density at radius 3 is 2.42 bits per heavy atom. The highest BCUT2D eigenvalue weighted by Gasteiger charge is 2.09. The van der Waals surface area contributed by atoms with Gasteiger partial charge in [0.05, 0.1) is 10.6 Å². The Bertz CT molecular complexity index is 903. The third kappa shape index (κ3) is 4.58. The lowest BCUT2D eigenvalue weighted by Gasteiger charge is -2.05. The molecule has 0 atom stereocenters. The molecule has 0 saturated carbocycles. The van der Waals surface area contributed by atoms with Gasteiger partial charge in [0.1, 0.15) is 5.69 Å². The van der Waals surface area contributed by atoms with E-state index in [1.807, 2.05) is 6.92 Å². The highest BCUT2D eigenvalue weighted by Crippen LogP contribution is 2.30. The highest BCUT2D eigenvalue weighted by molar-refractivity contribution is 7.85. The molecule has 2 rings (SSSR count). The number of nitrogens with zero attached hydrogens (tertiary/aromatic N) is 2. The second-order valence-electron chi connectivity index (χ2n) is 4.77. The van der Waals surface area contributed by atoms with Gasteiger partial charge in [-0.15, -0.1) is 5.11 Å². The van der Waals surface area contributed by atoms with Crippen molar-refractivity contribution in [3.63, 3.8) is 0 Å². The van der Waals surface area contributed by atoms with Gasteiger partial charge in [-0.2, -0.15) is 13.5 Å². The van der Waals surface area contributed by atoms with Crippen LogP contribution in [0.3, 0.4) is 0 Å². The number of rotatable bonds is 5. The van der Waals surface area contributed by atoms with Crippen LogP contribution in [0.5, 0.6) is 5.75 Å². The molecule has 0 bridgehead atoms. The molecule has 1 N–H and O–H groups in total. The van der Waals surface area contributed by atoms with Gasteiger partial charge in [0.2, 0.25) is 0 Å². The molecule has 0 aliphatic carbocycles. The maximum Gasteiger partial charge on any atom is 0.335 e. The Kier molecular flexibility index (Phi) is 5.22. The molecule has 7 nitrogen and oxygen atoms in total. The largest absolute Gasteiger partial charge is 0.421 e. The van der Waals surface area contributed by atoms with E-state index in [0.717, 1.165) is 11.6 Å². The van der Waals surface area contributed by atoms with Crippen molar-refractivity contribution < 1.29 is 22.5 Å². The molecule has 8 heteroatoms. The van der Waals surface area contributed by atoms with Gasteiger partial charge in [0.25, 0.3) is 10.1 Å². The summed E-state index contributed by atoms with van der Waals surface area (Å²) in [5.41, 5.74) is 1.57. The van der Waals surface area contributed by atoms with Crippen molar-refractivity contribution in [2.75, 3.05) is 0 Å². The minimum Gasteiger partial charge on any atom is -0.421 e. The van der Waals surface area contributed by atoms with Gasteiger partial charge in [-0.25, -0.2) is 4.79 Å². The minimum atomic E-state index is -4.25. The van der Waals surface area contributed by atoms with Crippen molar-refractivity contribution in [1.29, 1.82) is 0 Å². The molecule has 0 unspecified atom stereocenters. The smallest absolute Gasteiger partial charge is 0.335 e. The molecule has 0 spiro atoms. The number of carbonyl (C=O) groups excluding carboxylic acids is 1. The standard InChI is InChI=1S/C16H14N2O5S/c1-3-16(19)23-15-10-11(2)4-9-14(15)18-17-12-5-7-13(8-6-12)24(20,21)22/h3-10H,1H2,2H3,(H,20,21,22). The maximum atomic E-state index is 11.4. The summed E-state index contributed by atoms with van der Waals surface area (Å²) in [6.07, 6.45) is 1.04. The van der Waals surface area contributed by atoms with E-state index >= 15 is 0 Å². The van der Waals surface area contributed by atoms with Crippen LogP contribution in [0.4, 0.5) is 11.4 Å². The van der Waals surface area contributed by atoms with E-state index in [1.165, 1.54) is 24.3 Å². The summed E-state index contributed by atoms with van der Waals surface area (Å²) in [5.74, 6) is -0.382. The van der Waals surface area contributed by atoms with Gasteiger partial charge in [0.15, 0.2) is 5.75 Å². The highest BCUT2D eigenvalue weighted by atomic mass is 32.2. The summed E-state index contributed by atoms with van der Waals surface area (Å²) in [5, 5.41) is 7.95. The Morgan fingerprint density at radius 2 is 1.83 bits per heavy atom. The maximum absolute atomic E-state index is 11.4. The van der Waals surface area contributed by atoms with Crippen LogP contribution in [0.2, 0.25) is 0 Å². The van der Waals surface area contributed by atoms with Gasteiger partial charge >= 0.3 is 5.97 Å². The predicted octanol–water partition coefficient (Wildman–Crippen LogP) is 3.75. The zero-order valence-corrected chi connectivity index (χ0v) is 13.5. The minimum absolute atomic E-state index is 0.234. The second kappa shape index (κ2) is 7.16. The van der Waals surface area contributed by atoms with E-state index in [-0.39, 0.29) is 10.6 Å². The molecule has 2 aromatic carbocycles. The Hall–Kier alpha value is -2.84. The second-order valence-corrected chi connectivity index (χ2v) is 6.19. The van der Waals surface area contributed by atoms with E-state index in [2.05, 4.69) is 16.8 Å². The van der Waals surface area contributed by atoms with Crippen LogP contribution in [0.25, 0.3) is 0 Å². The molecule has 0 aromatic heterocycles. The molecule has 24 heavy (non-hydrogen) atoms. The van der Waals surface area contributed by atoms with Crippen molar-refractivity contribution in [1.82, 2.24) is 0 Å². The monoisotopic (exact) mass is 346 g/mol. The van der Waals surface area contributed by atoms with Crippen molar-refractivity contribution in [3.05, 3.63) is 60.7 Å². The number of carbonyl (C=O) groups is 1. The molecule has 2 aromatic rings. The fraction of sp³-hybridized carbons (Fsp3) is 0.0625. The van der Waals surface area contributed by atoms with Crippen LogP contribution >= 0.6 is 0 Å². The third-order valence-corrected chi connectivity index (χ3v) is 3.77. The molecule has 0 aliphatic heterocycles. The predicted molar refractivity (Wildman–Crippen MR) is 87.4 cm³/mol. The van der Waals surface area contributed by atoms with Crippen molar-refractivity contribution in [3.8, 4) is 5.75 Å². The number of azo groups is 1.